The van der Waals surface area contributed by atoms with Crippen LogP contribution in [0.25, 0.3) is 11.4 Å². The van der Waals surface area contributed by atoms with Crippen LogP contribution in [-0.2, 0) is 19.4 Å². The molecule has 5 nitrogen and oxygen atoms in total. The molecule has 0 aliphatic heterocycles. The number of aromatic amines is 1. The number of H-pyrrole nitrogens is 1. The first-order valence-electron chi connectivity index (χ1n) is 9.06. The summed E-state index contributed by atoms with van der Waals surface area (Å²) in [5.41, 5.74) is 4.52. The van der Waals surface area contributed by atoms with E-state index in [4.69, 9.17) is 4.74 Å². The molecule has 0 atom stereocenters. The van der Waals surface area contributed by atoms with Crippen molar-refractivity contribution < 1.29 is 4.74 Å². The predicted molar refractivity (Wildman–Crippen MR) is 112 cm³/mol. The lowest BCUT2D eigenvalue weighted by molar-refractivity contribution is 0.301. The topological polar surface area (TPSA) is 63.7 Å². The summed E-state index contributed by atoms with van der Waals surface area (Å²) < 4.78 is 7.15. The van der Waals surface area contributed by atoms with Gasteiger partial charge in [-0.3, -0.25) is 0 Å². The van der Waals surface area contributed by atoms with Crippen LogP contribution in [0.3, 0.4) is 0 Å². The standard InChI is InChI=1S/C22H19BrN4O/c23-20-8-4-7-18(12-9-16-5-2-1-3-6-16)21(20)28-15-17-10-13-19(14-11-17)22-24-26-27-25-22/h1-8,10-11,13-14H,9,12,15H2,(H,24,25,26,27). The van der Waals surface area contributed by atoms with Crippen molar-refractivity contribution in [3.05, 3.63) is 94.0 Å². The van der Waals surface area contributed by atoms with Gasteiger partial charge in [0.1, 0.15) is 12.4 Å². The Bertz CT molecular complexity index is 1020. The zero-order valence-electron chi connectivity index (χ0n) is 15.2. The molecule has 1 N–H and O–H groups in total. The molecule has 0 radical (unpaired) electrons. The molecule has 4 aromatic rings. The van der Waals surface area contributed by atoms with E-state index in [9.17, 15) is 0 Å². The highest BCUT2D eigenvalue weighted by Gasteiger charge is 2.09. The van der Waals surface area contributed by atoms with Gasteiger partial charge in [-0.1, -0.05) is 66.7 Å². The summed E-state index contributed by atoms with van der Waals surface area (Å²) in [4.78, 5) is 0. The lowest BCUT2D eigenvalue weighted by Crippen LogP contribution is -2.01. The van der Waals surface area contributed by atoms with E-state index in [-0.39, 0.29) is 0 Å². The third-order valence-corrected chi connectivity index (χ3v) is 5.14. The van der Waals surface area contributed by atoms with Gasteiger partial charge in [-0.2, -0.15) is 5.21 Å². The van der Waals surface area contributed by atoms with Gasteiger partial charge in [0.2, 0.25) is 5.82 Å². The van der Waals surface area contributed by atoms with Crippen LogP contribution >= 0.6 is 15.9 Å². The number of nitrogens with zero attached hydrogens (tertiary/aromatic N) is 3. The van der Waals surface area contributed by atoms with E-state index in [1.807, 2.05) is 36.4 Å². The summed E-state index contributed by atoms with van der Waals surface area (Å²) in [7, 11) is 0. The first kappa shape index (κ1) is 18.4. The van der Waals surface area contributed by atoms with Crippen LogP contribution in [-0.4, -0.2) is 20.6 Å². The first-order valence-corrected chi connectivity index (χ1v) is 9.86. The van der Waals surface area contributed by atoms with E-state index < -0.39 is 0 Å². The van der Waals surface area contributed by atoms with Crippen molar-refractivity contribution in [3.63, 3.8) is 0 Å². The molecule has 0 fully saturated rings. The molecule has 0 amide bonds. The van der Waals surface area contributed by atoms with Crippen LogP contribution in [0.4, 0.5) is 0 Å². The summed E-state index contributed by atoms with van der Waals surface area (Å²) >= 11 is 3.63. The van der Waals surface area contributed by atoms with Crippen LogP contribution in [0.1, 0.15) is 16.7 Å². The molecule has 3 aromatic carbocycles. The molecule has 0 bridgehead atoms. The summed E-state index contributed by atoms with van der Waals surface area (Å²) in [5, 5.41) is 14.0. The van der Waals surface area contributed by atoms with Gasteiger partial charge >= 0.3 is 0 Å². The first-order chi connectivity index (χ1) is 13.8. The van der Waals surface area contributed by atoms with Gasteiger partial charge in [-0.15, -0.1) is 10.2 Å². The van der Waals surface area contributed by atoms with Crippen LogP contribution in [0, 0.1) is 0 Å². The lowest BCUT2D eigenvalue weighted by atomic mass is 10.0. The largest absolute Gasteiger partial charge is 0.487 e. The second-order valence-electron chi connectivity index (χ2n) is 6.43. The van der Waals surface area contributed by atoms with Crippen LogP contribution < -0.4 is 4.74 Å². The Hall–Kier alpha value is -2.99. The highest BCUT2D eigenvalue weighted by molar-refractivity contribution is 9.10. The van der Waals surface area contributed by atoms with Crippen molar-refractivity contribution >= 4 is 15.9 Å². The summed E-state index contributed by atoms with van der Waals surface area (Å²) in [6.07, 6.45) is 1.91. The fraction of sp³-hybridized carbons (Fsp3) is 0.136. The van der Waals surface area contributed by atoms with Gasteiger partial charge in [0.15, 0.2) is 0 Å². The quantitative estimate of drug-likeness (QED) is 0.444. The van der Waals surface area contributed by atoms with Gasteiger partial charge < -0.3 is 4.74 Å². The minimum Gasteiger partial charge on any atom is -0.487 e. The maximum atomic E-state index is 6.18. The molecule has 0 aliphatic rings. The molecule has 6 heteroatoms. The van der Waals surface area contributed by atoms with Crippen LogP contribution in [0.5, 0.6) is 5.75 Å². The normalized spacial score (nSPS) is 10.8. The average Bonchev–Trinajstić information content (AvgIpc) is 3.28. The molecular formula is C22H19BrN4O. The Morgan fingerprint density at radius 2 is 1.64 bits per heavy atom. The summed E-state index contributed by atoms with van der Waals surface area (Å²) in [6.45, 7) is 0.494. The van der Waals surface area contributed by atoms with Crippen LogP contribution in [0.2, 0.25) is 0 Å². The van der Waals surface area contributed by atoms with Crippen molar-refractivity contribution in [2.75, 3.05) is 0 Å². The molecule has 28 heavy (non-hydrogen) atoms. The number of para-hydroxylation sites is 1. The second-order valence-corrected chi connectivity index (χ2v) is 7.29. The Morgan fingerprint density at radius 1 is 0.821 bits per heavy atom. The Labute approximate surface area is 171 Å². The monoisotopic (exact) mass is 434 g/mol. The number of hydrogen-bond donors (Lipinski definition) is 1. The van der Waals surface area contributed by atoms with Gasteiger partial charge in [0.25, 0.3) is 0 Å². The van der Waals surface area contributed by atoms with E-state index in [0.29, 0.717) is 12.4 Å². The molecule has 0 unspecified atom stereocenters. The molecular weight excluding hydrogens is 416 g/mol. The molecule has 1 heterocycles. The van der Waals surface area contributed by atoms with Gasteiger partial charge in [0, 0.05) is 5.56 Å². The highest BCUT2D eigenvalue weighted by atomic mass is 79.9. The summed E-state index contributed by atoms with van der Waals surface area (Å²) in [6, 6.07) is 24.7. The van der Waals surface area contributed by atoms with E-state index in [0.717, 1.165) is 34.2 Å². The van der Waals surface area contributed by atoms with Crippen molar-refractivity contribution in [2.45, 2.75) is 19.4 Å². The number of hydrogen-bond acceptors (Lipinski definition) is 4. The van der Waals surface area contributed by atoms with Gasteiger partial charge in [-0.25, -0.2) is 0 Å². The molecule has 0 saturated heterocycles. The van der Waals surface area contributed by atoms with Gasteiger partial charge in [0.05, 0.1) is 4.47 Å². The maximum absolute atomic E-state index is 6.18. The Morgan fingerprint density at radius 3 is 2.39 bits per heavy atom. The molecule has 0 spiro atoms. The summed E-state index contributed by atoms with van der Waals surface area (Å²) in [5.74, 6) is 1.49. The molecule has 0 aliphatic carbocycles. The smallest absolute Gasteiger partial charge is 0.204 e. The number of halogens is 1. The van der Waals surface area contributed by atoms with E-state index in [1.54, 1.807) is 0 Å². The third-order valence-electron chi connectivity index (χ3n) is 4.52. The number of nitrogens with one attached hydrogen (secondary N) is 1. The van der Waals surface area contributed by atoms with Crippen molar-refractivity contribution in [3.8, 4) is 17.1 Å². The zero-order chi connectivity index (χ0) is 19.2. The number of ether oxygens (including phenoxy) is 1. The van der Waals surface area contributed by atoms with E-state index >= 15 is 0 Å². The Balaban J connectivity index is 1.44. The predicted octanol–water partition coefficient (Wildman–Crippen LogP) is 4.99. The number of benzene rings is 3. The molecule has 1 aromatic heterocycles. The number of rotatable bonds is 7. The van der Waals surface area contributed by atoms with Crippen molar-refractivity contribution in [1.29, 1.82) is 0 Å². The zero-order valence-corrected chi connectivity index (χ0v) is 16.8. The molecule has 4 rings (SSSR count). The number of aryl methyl sites for hydroxylation is 2. The highest BCUT2D eigenvalue weighted by Crippen LogP contribution is 2.31. The maximum Gasteiger partial charge on any atom is 0.204 e. The SMILES string of the molecule is Brc1cccc(CCc2ccccc2)c1OCc1ccc(-c2nn[nH]n2)cc1. The van der Waals surface area contributed by atoms with Crippen LogP contribution in [0.15, 0.2) is 77.3 Å². The van der Waals surface area contributed by atoms with Gasteiger partial charge in [-0.05, 0) is 56.7 Å². The van der Waals surface area contributed by atoms with E-state index in [2.05, 4.69) is 73.0 Å². The van der Waals surface area contributed by atoms with Crippen molar-refractivity contribution in [2.24, 2.45) is 0 Å². The average molecular weight is 435 g/mol. The Kier molecular flexibility index (Phi) is 5.77. The fourth-order valence-electron chi connectivity index (χ4n) is 3.03. The minimum absolute atomic E-state index is 0.494. The lowest BCUT2D eigenvalue weighted by Gasteiger charge is -2.14. The third kappa shape index (κ3) is 4.46. The minimum atomic E-state index is 0.494. The molecule has 0 saturated carbocycles. The number of tetrazole rings is 1. The molecule has 140 valence electrons. The second kappa shape index (κ2) is 8.80. The van der Waals surface area contributed by atoms with Crippen molar-refractivity contribution in [1.82, 2.24) is 20.6 Å². The number of aromatic nitrogens is 4. The van der Waals surface area contributed by atoms with E-state index in [1.165, 1.54) is 11.1 Å². The fourth-order valence-corrected chi connectivity index (χ4v) is 3.55.